The molecule has 0 unspecified atom stereocenters. The number of rotatable bonds is 6. The van der Waals surface area contributed by atoms with Crippen molar-refractivity contribution in [3.63, 3.8) is 0 Å². The number of hydrogen-bond donors (Lipinski definition) is 0. The molecule has 0 saturated carbocycles. The minimum Gasteiger partial charge on any atom is -0.275 e. The molecule has 0 fully saturated rings. The highest BCUT2D eigenvalue weighted by Crippen LogP contribution is 2.41. The topological polar surface area (TPSA) is 22.0 Å². The first kappa shape index (κ1) is 15.2. The molecular weight excluding hydrogens is 294 g/mol. The van der Waals surface area contributed by atoms with E-state index >= 15 is 0 Å². The van der Waals surface area contributed by atoms with Gasteiger partial charge < -0.3 is 0 Å². The summed E-state index contributed by atoms with van der Waals surface area (Å²) in [7, 11) is 0. The Morgan fingerprint density at radius 2 is 1.54 bits per heavy atom. The summed E-state index contributed by atoms with van der Waals surface area (Å²) < 4.78 is 1.93. The number of nitrogens with zero attached hydrogens (tertiary/aromatic N) is 1. The zero-order valence-corrected chi connectivity index (χ0v) is 14.2. The Morgan fingerprint density at radius 1 is 0.833 bits per heavy atom. The van der Waals surface area contributed by atoms with Gasteiger partial charge in [-0.15, -0.1) is 0 Å². The number of unbranched alkanes of at least 4 members (excludes halogenated alkanes) is 4. The van der Waals surface area contributed by atoms with Crippen LogP contribution in [0.15, 0.2) is 48.5 Å². The van der Waals surface area contributed by atoms with Crippen molar-refractivity contribution in [2.45, 2.75) is 45.4 Å². The summed E-state index contributed by atoms with van der Waals surface area (Å²) in [6.45, 7) is 2.25. The molecule has 1 aliphatic heterocycles. The van der Waals surface area contributed by atoms with Gasteiger partial charge in [0.15, 0.2) is 0 Å². The maximum absolute atomic E-state index is 12.9. The van der Waals surface area contributed by atoms with Crippen LogP contribution >= 0.6 is 0 Å². The number of hydrogen-bond acceptors (Lipinski definition) is 1. The molecule has 2 aromatic carbocycles. The van der Waals surface area contributed by atoms with E-state index in [1.54, 1.807) is 0 Å². The van der Waals surface area contributed by atoms with Gasteiger partial charge in [0, 0.05) is 16.5 Å². The number of para-hydroxylation sites is 1. The monoisotopic (exact) mass is 317 g/mol. The van der Waals surface area contributed by atoms with Crippen molar-refractivity contribution in [1.29, 1.82) is 0 Å². The Kier molecular flexibility index (Phi) is 3.97. The van der Waals surface area contributed by atoms with Crippen LogP contribution in [-0.4, -0.2) is 10.5 Å². The third kappa shape index (κ3) is 2.29. The second kappa shape index (κ2) is 6.27. The van der Waals surface area contributed by atoms with Crippen LogP contribution in [0.3, 0.4) is 0 Å². The Balaban J connectivity index is 1.79. The molecule has 2 heterocycles. The van der Waals surface area contributed by atoms with Crippen molar-refractivity contribution >= 4 is 16.8 Å². The fraction of sp³-hybridized carbons (Fsp3) is 0.318. The van der Waals surface area contributed by atoms with Gasteiger partial charge in [0.2, 0.25) is 0 Å². The number of benzene rings is 2. The summed E-state index contributed by atoms with van der Waals surface area (Å²) in [5, 5.41) is 1.24. The Bertz CT molecular complexity index is 903. The molecule has 3 aromatic rings. The molecule has 24 heavy (non-hydrogen) atoms. The predicted molar refractivity (Wildman–Crippen MR) is 99.6 cm³/mol. The first-order valence-electron chi connectivity index (χ1n) is 9.09. The smallest absolute Gasteiger partial charge is 0.263 e. The quantitative estimate of drug-likeness (QED) is 0.410. The van der Waals surface area contributed by atoms with Crippen molar-refractivity contribution < 1.29 is 4.79 Å². The number of carbonyl (C=O) groups is 1. The molecule has 1 aromatic heterocycles. The Labute approximate surface area is 143 Å². The highest BCUT2D eigenvalue weighted by molar-refractivity contribution is 6.15. The van der Waals surface area contributed by atoms with E-state index < -0.39 is 0 Å². The second-order valence-electron chi connectivity index (χ2n) is 6.69. The van der Waals surface area contributed by atoms with Crippen LogP contribution < -0.4 is 0 Å². The van der Waals surface area contributed by atoms with Gasteiger partial charge in [-0.25, -0.2) is 0 Å². The van der Waals surface area contributed by atoms with E-state index in [0.29, 0.717) is 0 Å². The largest absolute Gasteiger partial charge is 0.275 e. The lowest BCUT2D eigenvalue weighted by Crippen LogP contribution is -2.05. The molecule has 4 rings (SSSR count). The molecule has 2 heteroatoms. The standard InChI is InChI=1S/C22H23NO/c1-2-3-4-5-6-12-17-16-11-9-10-15-20(16)23-21(17)18-13-7-8-14-19(18)22(23)24/h7-11,13-15H,2-6,12H2,1H3. The molecule has 0 amide bonds. The van der Waals surface area contributed by atoms with Gasteiger partial charge >= 0.3 is 0 Å². The number of aromatic nitrogens is 1. The fourth-order valence-corrected chi connectivity index (χ4v) is 3.96. The van der Waals surface area contributed by atoms with E-state index in [4.69, 9.17) is 0 Å². The van der Waals surface area contributed by atoms with Crippen LogP contribution in [0.1, 0.15) is 54.9 Å². The minimum absolute atomic E-state index is 0.119. The van der Waals surface area contributed by atoms with Crippen LogP contribution in [0, 0.1) is 0 Å². The van der Waals surface area contributed by atoms with Crippen molar-refractivity contribution in [3.8, 4) is 11.3 Å². The first-order chi connectivity index (χ1) is 11.8. The molecule has 122 valence electrons. The zero-order chi connectivity index (χ0) is 16.5. The molecule has 0 spiro atoms. The number of carbonyl (C=O) groups excluding carboxylic acids is 1. The molecule has 2 nitrogen and oxygen atoms in total. The van der Waals surface area contributed by atoms with Gasteiger partial charge in [0.25, 0.3) is 5.91 Å². The summed E-state index contributed by atoms with van der Waals surface area (Å²) in [5.41, 5.74) is 5.47. The third-order valence-electron chi connectivity index (χ3n) is 5.13. The average Bonchev–Trinajstić information content (AvgIpc) is 3.10. The Hall–Kier alpha value is -2.35. The van der Waals surface area contributed by atoms with E-state index in [0.717, 1.165) is 28.8 Å². The van der Waals surface area contributed by atoms with E-state index in [2.05, 4.69) is 31.2 Å². The molecule has 0 radical (unpaired) electrons. The van der Waals surface area contributed by atoms with Gasteiger partial charge in [0.1, 0.15) is 0 Å². The Morgan fingerprint density at radius 3 is 2.38 bits per heavy atom. The van der Waals surface area contributed by atoms with Crippen molar-refractivity contribution in [3.05, 3.63) is 59.7 Å². The maximum atomic E-state index is 12.9. The first-order valence-corrected chi connectivity index (χ1v) is 9.09. The van der Waals surface area contributed by atoms with E-state index in [1.165, 1.54) is 43.1 Å². The summed E-state index contributed by atoms with van der Waals surface area (Å²) in [5.74, 6) is 0.119. The normalized spacial score (nSPS) is 12.6. The molecule has 1 aliphatic rings. The summed E-state index contributed by atoms with van der Waals surface area (Å²) >= 11 is 0. The van der Waals surface area contributed by atoms with E-state index in [-0.39, 0.29) is 5.91 Å². The lowest BCUT2D eigenvalue weighted by Gasteiger charge is -2.05. The highest BCUT2D eigenvalue weighted by atomic mass is 16.2. The van der Waals surface area contributed by atoms with E-state index in [9.17, 15) is 4.79 Å². The molecule has 0 atom stereocenters. The van der Waals surface area contributed by atoms with Gasteiger partial charge in [-0.1, -0.05) is 69.0 Å². The zero-order valence-electron chi connectivity index (χ0n) is 14.2. The van der Waals surface area contributed by atoms with Gasteiger partial charge in [0.05, 0.1) is 11.2 Å². The van der Waals surface area contributed by atoms with Crippen LogP contribution in [0.5, 0.6) is 0 Å². The third-order valence-corrected chi connectivity index (χ3v) is 5.13. The minimum atomic E-state index is 0.119. The lowest BCUT2D eigenvalue weighted by molar-refractivity contribution is 0.0973. The molecule has 0 N–H and O–H groups in total. The van der Waals surface area contributed by atoms with Crippen LogP contribution in [0.4, 0.5) is 0 Å². The van der Waals surface area contributed by atoms with Gasteiger partial charge in [-0.05, 0) is 30.5 Å². The number of fused-ring (bicyclic) bond motifs is 5. The summed E-state index contributed by atoms with van der Waals surface area (Å²) in [4.78, 5) is 12.9. The van der Waals surface area contributed by atoms with Gasteiger partial charge in [-0.2, -0.15) is 0 Å². The SMILES string of the molecule is CCCCCCCc1c2n(c3ccccc13)C(=O)c1ccccc1-2. The van der Waals surface area contributed by atoms with E-state index in [1.807, 2.05) is 28.8 Å². The molecule has 0 bridgehead atoms. The predicted octanol–water partition coefficient (Wildman–Crippen LogP) is 5.82. The molecular formula is C22H23NO. The summed E-state index contributed by atoms with van der Waals surface area (Å²) in [6, 6.07) is 16.4. The van der Waals surface area contributed by atoms with Crippen LogP contribution in [0.2, 0.25) is 0 Å². The highest BCUT2D eigenvalue weighted by Gasteiger charge is 2.31. The number of aryl methyl sites for hydroxylation is 1. The van der Waals surface area contributed by atoms with Crippen LogP contribution in [0.25, 0.3) is 22.2 Å². The second-order valence-corrected chi connectivity index (χ2v) is 6.69. The van der Waals surface area contributed by atoms with Crippen molar-refractivity contribution in [2.24, 2.45) is 0 Å². The van der Waals surface area contributed by atoms with Crippen molar-refractivity contribution in [1.82, 2.24) is 4.57 Å². The van der Waals surface area contributed by atoms with Crippen LogP contribution in [-0.2, 0) is 6.42 Å². The molecule has 0 saturated heterocycles. The maximum Gasteiger partial charge on any atom is 0.263 e. The van der Waals surface area contributed by atoms with Crippen molar-refractivity contribution in [2.75, 3.05) is 0 Å². The molecule has 0 aliphatic carbocycles. The average molecular weight is 317 g/mol. The fourth-order valence-electron chi connectivity index (χ4n) is 3.96. The summed E-state index contributed by atoms with van der Waals surface area (Å²) in [6.07, 6.45) is 7.40. The van der Waals surface area contributed by atoms with Gasteiger partial charge in [-0.3, -0.25) is 9.36 Å². The lowest BCUT2D eigenvalue weighted by atomic mass is 9.98.